The average Bonchev–Trinajstić information content (AvgIpc) is 3.65. The maximum absolute atomic E-state index is 6.82. The van der Waals surface area contributed by atoms with Crippen molar-refractivity contribution in [3.05, 3.63) is 154 Å². The standard InChI is InChI=1S/C54H59N3O/c1-50(2,3)34-27-38-39-28-35(51(4,5)6)30-43(53(10,11)12)48(39)54(47(38)42(29-34)52(7,8)9)40-24-23-37(58-36-19-16-18-33(26-36)44-21-14-15-25-55-44)31-46(40)57-32-56(13)45-22-17-20-41(54)49(45)57/h14-31H,32H2,1-13H3. The molecule has 0 bridgehead atoms. The van der Waals surface area contributed by atoms with Gasteiger partial charge in [0.25, 0.3) is 0 Å². The molecule has 0 unspecified atom stereocenters. The van der Waals surface area contributed by atoms with Crippen LogP contribution in [0, 0.1) is 0 Å². The number of aromatic nitrogens is 1. The molecule has 1 spiro atoms. The first-order valence-electron chi connectivity index (χ1n) is 21.0. The van der Waals surface area contributed by atoms with Gasteiger partial charge < -0.3 is 14.5 Å². The Bertz CT molecular complexity index is 2540. The quantitative estimate of drug-likeness (QED) is 0.179. The van der Waals surface area contributed by atoms with E-state index in [-0.39, 0.29) is 21.7 Å². The molecular formula is C54H59N3O. The van der Waals surface area contributed by atoms with Crippen LogP contribution in [-0.2, 0) is 27.1 Å². The molecule has 4 heteroatoms. The molecule has 0 saturated carbocycles. The third kappa shape index (κ3) is 5.73. The van der Waals surface area contributed by atoms with E-state index in [9.17, 15) is 0 Å². The van der Waals surface area contributed by atoms with Crippen molar-refractivity contribution in [2.75, 3.05) is 23.5 Å². The molecule has 296 valence electrons. The molecule has 0 atom stereocenters. The van der Waals surface area contributed by atoms with Crippen LogP contribution in [0.1, 0.15) is 128 Å². The second kappa shape index (κ2) is 12.6. The van der Waals surface area contributed by atoms with Crippen LogP contribution in [0.4, 0.5) is 17.1 Å². The van der Waals surface area contributed by atoms with Crippen molar-refractivity contribution in [3.63, 3.8) is 0 Å². The zero-order valence-electron chi connectivity index (χ0n) is 36.8. The summed E-state index contributed by atoms with van der Waals surface area (Å²) in [6, 6.07) is 38.5. The molecule has 0 radical (unpaired) electrons. The van der Waals surface area contributed by atoms with Crippen molar-refractivity contribution in [2.45, 2.75) is 110 Å². The maximum atomic E-state index is 6.82. The fraction of sp³-hybridized carbons (Fsp3) is 0.352. The maximum Gasteiger partial charge on any atom is 0.129 e. The molecule has 1 aromatic heterocycles. The Balaban J connectivity index is 1.41. The van der Waals surface area contributed by atoms with Gasteiger partial charge in [0, 0.05) is 24.9 Å². The lowest BCUT2D eigenvalue weighted by Gasteiger charge is -2.46. The van der Waals surface area contributed by atoms with Gasteiger partial charge in [-0.1, -0.05) is 144 Å². The van der Waals surface area contributed by atoms with E-state index in [1.165, 1.54) is 72.7 Å². The highest BCUT2D eigenvalue weighted by Crippen LogP contribution is 2.68. The third-order valence-corrected chi connectivity index (χ3v) is 12.8. The van der Waals surface area contributed by atoms with Crippen LogP contribution in [-0.4, -0.2) is 18.7 Å². The second-order valence-corrected chi connectivity index (χ2v) is 21.1. The highest BCUT2D eigenvalue weighted by molar-refractivity contribution is 6.00. The number of para-hydroxylation sites is 1. The lowest BCUT2D eigenvalue weighted by Crippen LogP contribution is -2.40. The molecule has 9 rings (SSSR count). The van der Waals surface area contributed by atoms with Gasteiger partial charge in [0.2, 0.25) is 0 Å². The number of benzene rings is 5. The first kappa shape index (κ1) is 38.2. The summed E-state index contributed by atoms with van der Waals surface area (Å²) in [5.74, 6) is 1.61. The molecule has 0 N–H and O–H groups in total. The molecule has 5 aromatic carbocycles. The van der Waals surface area contributed by atoms with Crippen LogP contribution < -0.4 is 14.5 Å². The van der Waals surface area contributed by atoms with Crippen molar-refractivity contribution in [3.8, 4) is 33.9 Å². The topological polar surface area (TPSA) is 28.6 Å². The van der Waals surface area contributed by atoms with Crippen molar-refractivity contribution >= 4 is 17.1 Å². The Kier molecular flexibility index (Phi) is 8.28. The predicted octanol–water partition coefficient (Wildman–Crippen LogP) is 14.0. The minimum Gasteiger partial charge on any atom is -0.457 e. The average molecular weight is 766 g/mol. The Morgan fingerprint density at radius 1 is 0.552 bits per heavy atom. The molecular weight excluding hydrogens is 707 g/mol. The molecule has 4 nitrogen and oxygen atoms in total. The summed E-state index contributed by atoms with van der Waals surface area (Å²) in [7, 11) is 2.23. The highest BCUT2D eigenvalue weighted by atomic mass is 16.5. The van der Waals surface area contributed by atoms with E-state index < -0.39 is 5.41 Å². The molecule has 0 saturated heterocycles. The number of fused-ring (bicyclic) bond motifs is 9. The normalized spacial score (nSPS) is 15.3. The number of hydrogen-bond donors (Lipinski definition) is 0. The predicted molar refractivity (Wildman–Crippen MR) is 244 cm³/mol. The lowest BCUT2D eigenvalue weighted by atomic mass is 9.59. The zero-order chi connectivity index (χ0) is 41.3. The summed E-state index contributed by atoms with van der Waals surface area (Å²) in [6.45, 7) is 29.4. The number of nitrogens with zero attached hydrogens (tertiary/aromatic N) is 3. The van der Waals surface area contributed by atoms with Crippen molar-refractivity contribution < 1.29 is 4.74 Å². The van der Waals surface area contributed by atoms with Crippen LogP contribution in [0.3, 0.4) is 0 Å². The van der Waals surface area contributed by atoms with Gasteiger partial charge in [-0.2, -0.15) is 0 Å². The number of anilines is 3. The van der Waals surface area contributed by atoms with E-state index in [0.29, 0.717) is 0 Å². The Morgan fingerprint density at radius 2 is 1.16 bits per heavy atom. The Morgan fingerprint density at radius 3 is 1.72 bits per heavy atom. The molecule has 3 heterocycles. The van der Waals surface area contributed by atoms with Gasteiger partial charge in [0.05, 0.1) is 34.8 Å². The summed E-state index contributed by atoms with van der Waals surface area (Å²) in [5, 5.41) is 0. The van der Waals surface area contributed by atoms with Gasteiger partial charge in [-0.05, 0) is 114 Å². The summed E-state index contributed by atoms with van der Waals surface area (Å²) >= 11 is 0. The number of ether oxygens (including phenoxy) is 1. The summed E-state index contributed by atoms with van der Waals surface area (Å²) in [4.78, 5) is 9.55. The smallest absolute Gasteiger partial charge is 0.129 e. The van der Waals surface area contributed by atoms with Crippen LogP contribution >= 0.6 is 0 Å². The van der Waals surface area contributed by atoms with Crippen molar-refractivity contribution in [2.24, 2.45) is 0 Å². The minimum absolute atomic E-state index is 0.0302. The molecule has 0 fully saturated rings. The highest BCUT2D eigenvalue weighted by Gasteiger charge is 2.57. The van der Waals surface area contributed by atoms with E-state index in [0.717, 1.165) is 29.4 Å². The van der Waals surface area contributed by atoms with E-state index in [1.54, 1.807) is 0 Å². The Hall–Kier alpha value is -5.35. The lowest BCUT2D eigenvalue weighted by molar-refractivity contribution is 0.482. The molecule has 2 aliphatic heterocycles. The molecule has 1 aliphatic carbocycles. The first-order valence-corrected chi connectivity index (χ1v) is 21.0. The van der Waals surface area contributed by atoms with Gasteiger partial charge >= 0.3 is 0 Å². The van der Waals surface area contributed by atoms with Crippen LogP contribution in [0.25, 0.3) is 22.4 Å². The summed E-state index contributed by atoms with van der Waals surface area (Å²) < 4.78 is 6.82. The largest absolute Gasteiger partial charge is 0.457 e. The van der Waals surface area contributed by atoms with Crippen molar-refractivity contribution in [1.82, 2.24) is 4.98 Å². The fourth-order valence-corrected chi connectivity index (χ4v) is 9.86. The monoisotopic (exact) mass is 765 g/mol. The second-order valence-electron chi connectivity index (χ2n) is 21.1. The molecule has 3 aliphatic rings. The van der Waals surface area contributed by atoms with Crippen LogP contribution in [0.5, 0.6) is 11.5 Å². The van der Waals surface area contributed by atoms with E-state index in [1.807, 2.05) is 30.5 Å². The third-order valence-electron chi connectivity index (χ3n) is 12.8. The van der Waals surface area contributed by atoms with Gasteiger partial charge in [-0.3, -0.25) is 4.98 Å². The SMILES string of the molecule is CN1CN2c3cc(Oc4cccc(-c5ccccn5)c4)ccc3C3(c4cccc1c42)c1c(cc(C(C)(C)C)cc1C(C)(C)C)-c1cc(C(C)(C)C)cc(C(C)(C)C)c13. The van der Waals surface area contributed by atoms with Gasteiger partial charge in [0.15, 0.2) is 0 Å². The van der Waals surface area contributed by atoms with E-state index in [2.05, 4.69) is 184 Å². The minimum atomic E-state index is -0.581. The summed E-state index contributed by atoms with van der Waals surface area (Å²) in [6.07, 6.45) is 1.84. The number of hydrogen-bond acceptors (Lipinski definition) is 4. The van der Waals surface area contributed by atoms with Gasteiger partial charge in [-0.15, -0.1) is 0 Å². The number of pyridine rings is 1. The van der Waals surface area contributed by atoms with Gasteiger partial charge in [0.1, 0.15) is 11.5 Å². The Labute approximate surface area is 346 Å². The van der Waals surface area contributed by atoms with Crippen molar-refractivity contribution in [1.29, 1.82) is 0 Å². The van der Waals surface area contributed by atoms with Crippen LogP contribution in [0.15, 0.2) is 109 Å². The van der Waals surface area contributed by atoms with Gasteiger partial charge in [-0.25, -0.2) is 0 Å². The zero-order valence-corrected chi connectivity index (χ0v) is 36.8. The fourth-order valence-electron chi connectivity index (χ4n) is 9.86. The summed E-state index contributed by atoms with van der Waals surface area (Å²) in [5.41, 5.74) is 18.7. The molecule has 0 amide bonds. The first-order chi connectivity index (χ1) is 27.2. The van der Waals surface area contributed by atoms with E-state index in [4.69, 9.17) is 4.74 Å². The molecule has 58 heavy (non-hydrogen) atoms. The van der Waals surface area contributed by atoms with E-state index >= 15 is 0 Å². The number of rotatable bonds is 3. The molecule has 6 aromatic rings. The van der Waals surface area contributed by atoms with Crippen LogP contribution in [0.2, 0.25) is 0 Å².